The number of carboxylic acid groups (broad SMARTS) is 1. The van der Waals surface area contributed by atoms with Gasteiger partial charge in [0, 0.05) is 13.1 Å². The Bertz CT molecular complexity index is 77.4. The van der Waals surface area contributed by atoms with Crippen LogP contribution in [-0.2, 0) is 0 Å². The Morgan fingerprint density at radius 2 is 1.90 bits per heavy atom. The molecule has 1 amide bonds. The van der Waals surface area contributed by atoms with Crippen LogP contribution in [0.1, 0.15) is 0 Å². The molecule has 0 atom stereocenters. The fourth-order valence-electron chi connectivity index (χ4n) is 0.678. The van der Waals surface area contributed by atoms with Crippen molar-refractivity contribution in [1.82, 2.24) is 5.32 Å². The predicted molar refractivity (Wildman–Crippen MR) is 34.1 cm³/mol. The van der Waals surface area contributed by atoms with E-state index < -0.39 is 6.09 Å². The van der Waals surface area contributed by atoms with Crippen LogP contribution in [-0.4, -0.2) is 32.3 Å². The van der Waals surface area contributed by atoms with Crippen LogP contribution in [0.15, 0.2) is 0 Å². The van der Waals surface area contributed by atoms with E-state index in [2.05, 4.69) is 16.4 Å². The lowest BCUT2D eigenvalue weighted by Crippen LogP contribution is -2.89. The molecule has 60 valence electrons. The average Bonchev–Trinajstić information content (AvgIpc) is 1.90. The first-order valence-corrected chi connectivity index (χ1v) is 3.22. The predicted octanol–water partition coefficient (Wildman–Crippen LogP) is -3.56. The van der Waals surface area contributed by atoms with Crippen molar-refractivity contribution >= 4 is 6.09 Å². The van der Waals surface area contributed by atoms with Gasteiger partial charge in [-0.05, 0) is 0 Å². The molecular formula is C5H13N3O2. The zero-order chi connectivity index (χ0) is 7.82. The summed E-state index contributed by atoms with van der Waals surface area (Å²) in [5, 5.41) is 14.2. The third kappa shape index (κ3) is 10.2. The molecule has 0 spiro atoms. The highest BCUT2D eigenvalue weighted by atomic mass is 16.4. The van der Waals surface area contributed by atoms with Gasteiger partial charge in [0.1, 0.15) is 6.09 Å². The summed E-state index contributed by atoms with van der Waals surface area (Å²) in [5.74, 6) is 0. The number of carbonyl (C=O) groups excluding carboxylic acids is 1. The van der Waals surface area contributed by atoms with Gasteiger partial charge in [0.2, 0.25) is 0 Å². The Kier molecular flexibility index (Phi) is 5.80. The van der Waals surface area contributed by atoms with E-state index in [4.69, 9.17) is 9.90 Å². The lowest BCUT2D eigenvalue weighted by molar-refractivity contribution is -0.657. The van der Waals surface area contributed by atoms with Crippen LogP contribution in [0.2, 0.25) is 0 Å². The van der Waals surface area contributed by atoms with E-state index in [1.54, 1.807) is 0 Å². The zero-order valence-electron chi connectivity index (χ0n) is 5.80. The summed E-state index contributed by atoms with van der Waals surface area (Å²) >= 11 is 0. The molecule has 1 saturated heterocycles. The third-order valence-corrected chi connectivity index (χ3v) is 1.05. The highest BCUT2D eigenvalue weighted by molar-refractivity contribution is 5.58. The van der Waals surface area contributed by atoms with E-state index in [-0.39, 0.29) is 0 Å². The maximum atomic E-state index is 8.67. The van der Waals surface area contributed by atoms with Crippen LogP contribution in [0.3, 0.4) is 0 Å². The first-order chi connectivity index (χ1) is 4.73. The van der Waals surface area contributed by atoms with Gasteiger partial charge in [-0.3, -0.25) is 0 Å². The molecule has 1 aliphatic heterocycles. The van der Waals surface area contributed by atoms with Crippen LogP contribution in [0.4, 0.5) is 4.79 Å². The van der Waals surface area contributed by atoms with Crippen LogP contribution >= 0.6 is 0 Å². The van der Waals surface area contributed by atoms with Gasteiger partial charge >= 0.3 is 0 Å². The molecule has 5 nitrogen and oxygen atoms in total. The maximum Gasteiger partial charge on any atom is 0.131 e. The second-order valence-corrected chi connectivity index (χ2v) is 1.94. The molecule has 5 heteroatoms. The Hall–Kier alpha value is -0.810. The minimum atomic E-state index is -1.58. The number of nitrogens with two attached hydrogens (primary N) is 2. The second kappa shape index (κ2) is 6.31. The lowest BCUT2D eigenvalue weighted by Gasteiger charge is -2.07. The summed E-state index contributed by atoms with van der Waals surface area (Å²) in [6.45, 7) is 4.92. The Morgan fingerprint density at radius 3 is 2.00 bits per heavy atom. The number of amides is 1. The molecule has 1 fully saturated rings. The Balaban J connectivity index is 0.000000180. The maximum absolute atomic E-state index is 8.67. The molecule has 0 unspecified atom stereocenters. The van der Waals surface area contributed by atoms with E-state index >= 15 is 0 Å². The highest BCUT2D eigenvalue weighted by Crippen LogP contribution is 1.54. The minimum Gasteiger partial charge on any atom is -0.530 e. The van der Waals surface area contributed by atoms with E-state index in [0.717, 1.165) is 0 Å². The largest absolute Gasteiger partial charge is 0.530 e. The van der Waals surface area contributed by atoms with E-state index in [1.165, 1.54) is 26.2 Å². The van der Waals surface area contributed by atoms with Gasteiger partial charge in [-0.1, -0.05) is 0 Å². The van der Waals surface area contributed by atoms with Crippen molar-refractivity contribution in [2.24, 2.45) is 5.73 Å². The second-order valence-electron chi connectivity index (χ2n) is 1.94. The molecule has 5 N–H and O–H groups in total. The molecule has 0 radical (unpaired) electrons. The van der Waals surface area contributed by atoms with Gasteiger partial charge < -0.3 is 26.3 Å². The summed E-state index contributed by atoms with van der Waals surface area (Å²) in [5.41, 5.74) is 3.92. The van der Waals surface area contributed by atoms with Crippen molar-refractivity contribution in [3.8, 4) is 0 Å². The zero-order valence-corrected chi connectivity index (χ0v) is 5.80. The fraction of sp³-hybridized carbons (Fsp3) is 0.800. The van der Waals surface area contributed by atoms with E-state index in [1.807, 2.05) is 0 Å². The summed E-state index contributed by atoms with van der Waals surface area (Å²) < 4.78 is 0. The molecule has 0 aromatic heterocycles. The smallest absolute Gasteiger partial charge is 0.131 e. The quantitative estimate of drug-likeness (QED) is 0.331. The minimum absolute atomic E-state index is 1.19. The first-order valence-electron chi connectivity index (χ1n) is 3.22. The van der Waals surface area contributed by atoms with Crippen molar-refractivity contribution in [2.75, 3.05) is 26.2 Å². The molecule has 1 rings (SSSR count). The van der Waals surface area contributed by atoms with Crippen molar-refractivity contribution in [2.45, 2.75) is 0 Å². The summed E-state index contributed by atoms with van der Waals surface area (Å²) in [6.07, 6.45) is -1.58. The van der Waals surface area contributed by atoms with E-state index in [9.17, 15) is 0 Å². The number of hydrogen-bond donors (Lipinski definition) is 3. The standard InChI is InChI=1S/C4H10N2.CH3NO2/c1-2-6-4-3-5-1;2-1(3)4/h5-6H,1-4H2;2H2,(H,3,4). The van der Waals surface area contributed by atoms with Crippen molar-refractivity contribution in [3.05, 3.63) is 0 Å². The lowest BCUT2D eigenvalue weighted by atomic mass is 10.4. The molecule has 0 aromatic rings. The van der Waals surface area contributed by atoms with Crippen molar-refractivity contribution in [1.29, 1.82) is 0 Å². The first kappa shape index (κ1) is 9.19. The number of quaternary nitrogens is 1. The van der Waals surface area contributed by atoms with E-state index in [0.29, 0.717) is 0 Å². The molecular weight excluding hydrogens is 134 g/mol. The van der Waals surface area contributed by atoms with Gasteiger partial charge in [-0.2, -0.15) is 0 Å². The van der Waals surface area contributed by atoms with Crippen molar-refractivity contribution in [3.63, 3.8) is 0 Å². The number of nitrogens with one attached hydrogen (secondary N) is 1. The molecule has 0 aliphatic carbocycles. The van der Waals surface area contributed by atoms with Gasteiger partial charge in [-0.25, -0.2) is 0 Å². The fourth-order valence-corrected chi connectivity index (χ4v) is 0.678. The third-order valence-electron chi connectivity index (χ3n) is 1.05. The van der Waals surface area contributed by atoms with Gasteiger partial charge in [0.05, 0.1) is 13.1 Å². The van der Waals surface area contributed by atoms with Crippen LogP contribution < -0.4 is 21.5 Å². The number of piperazine rings is 1. The molecule has 0 aromatic carbocycles. The van der Waals surface area contributed by atoms with Crippen LogP contribution in [0.25, 0.3) is 0 Å². The number of primary amides is 1. The topological polar surface area (TPSA) is 94.8 Å². The molecule has 1 heterocycles. The van der Waals surface area contributed by atoms with Gasteiger partial charge in [-0.15, -0.1) is 0 Å². The number of hydrogen-bond acceptors (Lipinski definition) is 3. The average molecular weight is 147 g/mol. The molecule has 1 aliphatic rings. The highest BCUT2D eigenvalue weighted by Gasteiger charge is 1.95. The summed E-state index contributed by atoms with van der Waals surface area (Å²) in [4.78, 5) is 8.67. The van der Waals surface area contributed by atoms with Crippen LogP contribution in [0, 0.1) is 0 Å². The Morgan fingerprint density at radius 1 is 1.50 bits per heavy atom. The van der Waals surface area contributed by atoms with Crippen molar-refractivity contribution < 1.29 is 15.2 Å². The SMILES string of the molecule is C1C[NH2+]CCN1.NC(=O)[O-]. The monoisotopic (exact) mass is 147 g/mol. The Labute approximate surface area is 59.6 Å². The van der Waals surface area contributed by atoms with Crippen LogP contribution in [0.5, 0.6) is 0 Å². The number of rotatable bonds is 0. The number of carbonyl (C=O) groups is 1. The van der Waals surface area contributed by atoms with Gasteiger partial charge in [0.25, 0.3) is 0 Å². The molecule has 0 bridgehead atoms. The summed E-state index contributed by atoms with van der Waals surface area (Å²) in [7, 11) is 0. The summed E-state index contributed by atoms with van der Waals surface area (Å²) in [6, 6.07) is 0. The van der Waals surface area contributed by atoms with Gasteiger partial charge in [0.15, 0.2) is 0 Å². The molecule has 0 saturated carbocycles. The normalized spacial score (nSPS) is 16.8. The molecule has 10 heavy (non-hydrogen) atoms.